The molecule has 2 saturated heterocycles. The molecule has 4 heterocycles. The highest BCUT2D eigenvalue weighted by molar-refractivity contribution is 6.32. The van der Waals surface area contributed by atoms with E-state index in [2.05, 4.69) is 11.4 Å². The van der Waals surface area contributed by atoms with E-state index in [1.807, 2.05) is 24.0 Å². The van der Waals surface area contributed by atoms with E-state index in [4.69, 9.17) is 25.8 Å². The lowest BCUT2D eigenvalue weighted by Crippen LogP contribution is -2.65. The Morgan fingerprint density at radius 2 is 1.97 bits per heavy atom. The number of morpholine rings is 1. The Morgan fingerprint density at radius 3 is 2.74 bits per heavy atom. The van der Waals surface area contributed by atoms with Crippen LogP contribution in [0.2, 0.25) is 5.02 Å². The number of rotatable bonds is 0. The number of halogens is 1. The second kappa shape index (κ2) is 8.26. The second-order valence-corrected chi connectivity index (χ2v) is 9.73. The number of carbonyl (C=O) groups excluding carboxylic acids is 2. The third kappa shape index (κ3) is 3.81. The summed E-state index contributed by atoms with van der Waals surface area (Å²) < 4.78 is 18.0. The average molecular weight is 449 g/mol. The van der Waals surface area contributed by atoms with Crippen molar-refractivity contribution in [3.8, 4) is 5.75 Å². The monoisotopic (exact) mass is 448 g/mol. The number of fused-ring (bicyclic) bond motifs is 5. The average Bonchev–Trinajstić information content (AvgIpc) is 3.01. The molecule has 0 radical (unpaired) electrons. The molecule has 1 N–H and O–H groups in total. The van der Waals surface area contributed by atoms with Gasteiger partial charge in [-0.1, -0.05) is 23.7 Å². The van der Waals surface area contributed by atoms with Crippen LogP contribution >= 0.6 is 11.6 Å². The van der Waals surface area contributed by atoms with E-state index in [1.165, 1.54) is 0 Å². The summed E-state index contributed by atoms with van der Waals surface area (Å²) in [7, 11) is 0. The van der Waals surface area contributed by atoms with Gasteiger partial charge in [0.1, 0.15) is 12.4 Å². The minimum atomic E-state index is -0.628. The van der Waals surface area contributed by atoms with Crippen molar-refractivity contribution in [2.24, 2.45) is 0 Å². The highest BCUT2D eigenvalue weighted by Crippen LogP contribution is 2.43. The zero-order valence-corrected chi connectivity index (χ0v) is 18.5. The second-order valence-electron chi connectivity index (χ2n) is 9.32. The SMILES string of the molecule is C[C@@H]1C[C@]2(COCC(=O)N2)[C@H]2CO[C@H]3CC[C@H](CC3)c3cccc(Cl)c3OCC(=O)N12. The molecular weight excluding hydrogens is 420 g/mol. The van der Waals surface area contributed by atoms with Gasteiger partial charge in [0.2, 0.25) is 5.91 Å². The largest absolute Gasteiger partial charge is 0.482 e. The molecule has 7 nitrogen and oxygen atoms in total. The van der Waals surface area contributed by atoms with Gasteiger partial charge in [0.15, 0.2) is 6.61 Å². The predicted molar refractivity (Wildman–Crippen MR) is 114 cm³/mol. The number of hydrogen-bond donors (Lipinski definition) is 1. The van der Waals surface area contributed by atoms with Crippen LogP contribution in [0.3, 0.4) is 0 Å². The number of nitrogens with zero attached hydrogens (tertiary/aromatic N) is 1. The summed E-state index contributed by atoms with van der Waals surface area (Å²) in [6, 6.07) is 5.44. The fourth-order valence-corrected chi connectivity index (χ4v) is 6.17. The Labute approximate surface area is 187 Å². The van der Waals surface area contributed by atoms with Crippen LogP contribution in [0.1, 0.15) is 50.5 Å². The molecule has 4 aliphatic heterocycles. The Morgan fingerprint density at radius 1 is 1.16 bits per heavy atom. The minimum Gasteiger partial charge on any atom is -0.482 e. The van der Waals surface area contributed by atoms with Crippen molar-refractivity contribution in [2.75, 3.05) is 26.4 Å². The normalized spacial score (nSPS) is 36.0. The van der Waals surface area contributed by atoms with Crippen LogP contribution in [0.5, 0.6) is 5.75 Å². The van der Waals surface area contributed by atoms with Crippen molar-refractivity contribution in [2.45, 2.75) is 68.7 Å². The Bertz CT molecular complexity index is 872. The molecule has 3 fully saturated rings. The summed E-state index contributed by atoms with van der Waals surface area (Å²) in [6.07, 6.45) is 4.65. The van der Waals surface area contributed by atoms with Gasteiger partial charge in [-0.05, 0) is 56.6 Å². The molecule has 3 atom stereocenters. The van der Waals surface area contributed by atoms with Gasteiger partial charge in [-0.25, -0.2) is 0 Å². The third-order valence-corrected chi connectivity index (χ3v) is 7.62. The first-order valence-electron chi connectivity index (χ1n) is 11.2. The van der Waals surface area contributed by atoms with Crippen molar-refractivity contribution in [1.82, 2.24) is 10.2 Å². The van der Waals surface area contributed by atoms with Gasteiger partial charge in [-0.3, -0.25) is 9.59 Å². The van der Waals surface area contributed by atoms with Gasteiger partial charge in [-0.15, -0.1) is 0 Å². The van der Waals surface area contributed by atoms with Crippen molar-refractivity contribution < 1.29 is 23.8 Å². The van der Waals surface area contributed by atoms with Crippen molar-refractivity contribution >= 4 is 23.4 Å². The Balaban J connectivity index is 1.49. The number of amides is 2. The molecule has 2 amide bonds. The highest BCUT2D eigenvalue weighted by atomic mass is 35.5. The maximum Gasteiger partial charge on any atom is 0.261 e. The minimum absolute atomic E-state index is 0.0556. The third-order valence-electron chi connectivity index (χ3n) is 7.32. The molecule has 1 aromatic carbocycles. The fraction of sp³-hybridized carbons (Fsp3) is 0.652. The number of ether oxygens (including phenoxy) is 3. The van der Waals surface area contributed by atoms with E-state index in [1.54, 1.807) is 0 Å². The van der Waals surface area contributed by atoms with Crippen LogP contribution in [-0.4, -0.2) is 66.9 Å². The van der Waals surface area contributed by atoms with Crippen LogP contribution in [0, 0.1) is 0 Å². The van der Waals surface area contributed by atoms with Crippen LogP contribution in [0.25, 0.3) is 0 Å². The molecule has 6 rings (SSSR count). The van der Waals surface area contributed by atoms with Crippen LogP contribution in [-0.2, 0) is 19.1 Å². The van der Waals surface area contributed by atoms with Crippen molar-refractivity contribution in [3.05, 3.63) is 28.8 Å². The zero-order valence-electron chi connectivity index (χ0n) is 17.8. The predicted octanol–water partition coefficient (Wildman–Crippen LogP) is 2.65. The molecule has 0 aromatic heterocycles. The lowest BCUT2D eigenvalue weighted by atomic mass is 9.82. The van der Waals surface area contributed by atoms with Crippen molar-refractivity contribution in [3.63, 3.8) is 0 Å². The smallest absolute Gasteiger partial charge is 0.261 e. The van der Waals surface area contributed by atoms with E-state index >= 15 is 0 Å². The van der Waals surface area contributed by atoms with E-state index in [0.717, 1.165) is 31.2 Å². The summed E-state index contributed by atoms with van der Waals surface area (Å²) in [5.41, 5.74) is 0.450. The van der Waals surface area contributed by atoms with Gasteiger partial charge in [-0.2, -0.15) is 0 Å². The van der Waals surface area contributed by atoms with E-state index < -0.39 is 5.54 Å². The van der Waals surface area contributed by atoms with E-state index in [-0.39, 0.29) is 43.2 Å². The topological polar surface area (TPSA) is 77.1 Å². The Kier molecular flexibility index (Phi) is 5.61. The summed E-state index contributed by atoms with van der Waals surface area (Å²) >= 11 is 6.48. The highest BCUT2D eigenvalue weighted by Gasteiger charge is 2.55. The quantitative estimate of drug-likeness (QED) is 0.660. The number of hydrogen-bond acceptors (Lipinski definition) is 5. The number of carbonyl (C=O) groups is 2. The molecule has 8 heteroatoms. The maximum absolute atomic E-state index is 13.4. The molecule has 1 saturated carbocycles. The molecule has 5 aliphatic rings. The zero-order chi connectivity index (χ0) is 21.6. The lowest BCUT2D eigenvalue weighted by Gasteiger charge is -2.41. The fourth-order valence-electron chi connectivity index (χ4n) is 5.93. The molecule has 1 aromatic rings. The van der Waals surface area contributed by atoms with E-state index in [0.29, 0.717) is 36.3 Å². The molecule has 1 aliphatic carbocycles. The molecule has 31 heavy (non-hydrogen) atoms. The van der Waals surface area contributed by atoms with Gasteiger partial charge in [0.05, 0.1) is 35.9 Å². The van der Waals surface area contributed by atoms with Crippen molar-refractivity contribution in [1.29, 1.82) is 0 Å². The summed E-state index contributed by atoms with van der Waals surface area (Å²) in [5, 5.41) is 3.67. The van der Waals surface area contributed by atoms with Gasteiger partial charge in [0.25, 0.3) is 5.91 Å². The number of benzene rings is 1. The summed E-state index contributed by atoms with van der Waals surface area (Å²) in [6.45, 7) is 2.72. The van der Waals surface area contributed by atoms with Gasteiger partial charge in [0, 0.05) is 6.04 Å². The molecule has 1 spiro atoms. The first-order chi connectivity index (χ1) is 15.0. The maximum atomic E-state index is 13.4. The van der Waals surface area contributed by atoms with Crippen LogP contribution < -0.4 is 10.1 Å². The summed E-state index contributed by atoms with van der Waals surface area (Å²) in [5.74, 6) is 0.692. The molecule has 2 bridgehead atoms. The summed E-state index contributed by atoms with van der Waals surface area (Å²) in [4.78, 5) is 27.4. The standard InChI is InChI=1S/C23H29ClN2O5/c1-14-9-23(13-29-11-20(27)25-23)19-10-30-16-7-5-15(6-8-16)17-3-2-4-18(24)22(17)31-12-21(28)26(14)19/h2-4,14-16,19H,5-13H2,1H3,(H,25,27)/t14-,15-,16+,19-,23+/m1/s1. The van der Waals surface area contributed by atoms with E-state index in [9.17, 15) is 9.59 Å². The number of nitrogens with one attached hydrogen (secondary N) is 1. The molecular formula is C23H29ClN2O5. The first kappa shape index (κ1) is 21.0. The Hall–Kier alpha value is -1.83. The van der Waals surface area contributed by atoms with Gasteiger partial charge < -0.3 is 24.4 Å². The lowest BCUT2D eigenvalue weighted by molar-refractivity contribution is -0.145. The van der Waals surface area contributed by atoms with Gasteiger partial charge >= 0.3 is 0 Å². The number of para-hydroxylation sites is 1. The van der Waals surface area contributed by atoms with Crippen LogP contribution in [0.15, 0.2) is 18.2 Å². The first-order valence-corrected chi connectivity index (χ1v) is 11.6. The van der Waals surface area contributed by atoms with Crippen LogP contribution in [0.4, 0.5) is 0 Å². The molecule has 168 valence electrons. The molecule has 0 unspecified atom stereocenters.